The van der Waals surface area contributed by atoms with E-state index in [0.717, 1.165) is 25.8 Å². The molecular weight excluding hydrogens is 254 g/mol. The fraction of sp³-hybridized carbons (Fsp3) is 0.938. The van der Waals surface area contributed by atoms with Gasteiger partial charge in [-0.15, -0.1) is 0 Å². The summed E-state index contributed by atoms with van der Waals surface area (Å²) in [6, 6.07) is 0. The van der Waals surface area contributed by atoms with Crippen molar-refractivity contribution in [3.63, 3.8) is 0 Å². The zero-order chi connectivity index (χ0) is 14.8. The number of methoxy groups -OCH3 is 1. The van der Waals surface area contributed by atoms with Crippen molar-refractivity contribution in [1.29, 1.82) is 0 Å². The van der Waals surface area contributed by atoms with Crippen LogP contribution in [-0.4, -0.2) is 37.9 Å². The molecule has 4 nitrogen and oxygen atoms in total. The predicted octanol–water partition coefficient (Wildman–Crippen LogP) is 3.05. The Morgan fingerprint density at radius 3 is 2.45 bits per heavy atom. The fourth-order valence-corrected chi connectivity index (χ4v) is 2.73. The number of hydrogen-bond donors (Lipinski definition) is 1. The van der Waals surface area contributed by atoms with Crippen LogP contribution < -0.4 is 5.32 Å². The minimum absolute atomic E-state index is 0.199. The second-order valence-electron chi connectivity index (χ2n) is 5.98. The minimum atomic E-state index is -0.629. The lowest BCUT2D eigenvalue weighted by atomic mass is 9.98. The Morgan fingerprint density at radius 1 is 1.25 bits per heavy atom. The van der Waals surface area contributed by atoms with E-state index in [2.05, 4.69) is 12.2 Å². The van der Waals surface area contributed by atoms with Crippen LogP contribution in [0.2, 0.25) is 0 Å². The van der Waals surface area contributed by atoms with E-state index in [1.807, 2.05) is 6.92 Å². The molecule has 0 aromatic carbocycles. The number of carbonyl (C=O) groups excluding carboxylic acids is 1. The number of rotatable bonds is 8. The quantitative estimate of drug-likeness (QED) is 0.550. The molecule has 1 rings (SSSR count). The van der Waals surface area contributed by atoms with E-state index in [9.17, 15) is 4.79 Å². The van der Waals surface area contributed by atoms with Crippen LogP contribution in [0.1, 0.15) is 65.2 Å². The molecule has 0 heterocycles. The molecular formula is C16H31NO3. The molecule has 0 spiro atoms. The van der Waals surface area contributed by atoms with Crippen LogP contribution in [0.5, 0.6) is 0 Å². The Hall–Kier alpha value is -0.610. The summed E-state index contributed by atoms with van der Waals surface area (Å²) in [5.74, 6) is -0.199. The minimum Gasteiger partial charge on any atom is -0.468 e. The Bertz CT molecular complexity index is 275. The van der Waals surface area contributed by atoms with Gasteiger partial charge in [0.15, 0.2) is 0 Å². The van der Waals surface area contributed by atoms with Gasteiger partial charge in [-0.2, -0.15) is 0 Å². The van der Waals surface area contributed by atoms with Crippen molar-refractivity contribution in [2.75, 3.05) is 20.3 Å². The Labute approximate surface area is 123 Å². The average Bonchev–Trinajstić information content (AvgIpc) is 2.73. The van der Waals surface area contributed by atoms with Crippen molar-refractivity contribution >= 4 is 5.97 Å². The van der Waals surface area contributed by atoms with Gasteiger partial charge in [-0.25, -0.2) is 0 Å². The van der Waals surface area contributed by atoms with Crippen molar-refractivity contribution in [2.45, 2.75) is 76.9 Å². The van der Waals surface area contributed by atoms with Gasteiger partial charge in [0.1, 0.15) is 5.54 Å². The molecule has 20 heavy (non-hydrogen) atoms. The maximum absolute atomic E-state index is 11.9. The second-order valence-corrected chi connectivity index (χ2v) is 5.98. The molecule has 1 atom stereocenters. The highest BCUT2D eigenvalue weighted by atomic mass is 16.5. The van der Waals surface area contributed by atoms with Gasteiger partial charge >= 0.3 is 5.97 Å². The zero-order valence-corrected chi connectivity index (χ0v) is 13.4. The highest BCUT2D eigenvalue weighted by Gasteiger charge is 2.33. The van der Waals surface area contributed by atoms with E-state index < -0.39 is 5.54 Å². The summed E-state index contributed by atoms with van der Waals surface area (Å²) in [7, 11) is 1.44. The number of ether oxygens (including phenoxy) is 2. The molecule has 0 aromatic heterocycles. The normalized spacial score (nSPS) is 20.1. The smallest absolute Gasteiger partial charge is 0.325 e. The summed E-state index contributed by atoms with van der Waals surface area (Å²) in [5, 5.41) is 3.29. The third-order valence-electron chi connectivity index (χ3n) is 4.16. The first-order valence-electron chi connectivity index (χ1n) is 8.07. The molecule has 1 aliphatic carbocycles. The monoisotopic (exact) mass is 285 g/mol. The molecule has 0 aliphatic heterocycles. The van der Waals surface area contributed by atoms with Gasteiger partial charge in [0.2, 0.25) is 0 Å². The van der Waals surface area contributed by atoms with E-state index in [0.29, 0.717) is 19.1 Å². The first kappa shape index (κ1) is 17.4. The Morgan fingerprint density at radius 2 is 1.90 bits per heavy atom. The van der Waals surface area contributed by atoms with E-state index in [1.54, 1.807) is 0 Å². The largest absolute Gasteiger partial charge is 0.468 e. The molecule has 4 heteroatoms. The highest BCUT2D eigenvalue weighted by molar-refractivity contribution is 5.80. The molecule has 1 fully saturated rings. The van der Waals surface area contributed by atoms with E-state index in [-0.39, 0.29) is 5.97 Å². The molecule has 0 amide bonds. The Balaban J connectivity index is 2.38. The molecule has 0 aromatic rings. The van der Waals surface area contributed by atoms with Crippen molar-refractivity contribution in [2.24, 2.45) is 0 Å². The third-order valence-corrected chi connectivity index (χ3v) is 4.16. The lowest BCUT2D eigenvalue weighted by Crippen LogP contribution is -2.51. The molecule has 1 unspecified atom stereocenters. The van der Waals surface area contributed by atoms with Gasteiger partial charge in [0.05, 0.1) is 13.2 Å². The summed E-state index contributed by atoms with van der Waals surface area (Å²) >= 11 is 0. The first-order chi connectivity index (χ1) is 9.62. The third kappa shape index (κ3) is 5.80. The summed E-state index contributed by atoms with van der Waals surface area (Å²) in [5.41, 5.74) is -0.629. The predicted molar refractivity (Wildman–Crippen MR) is 80.8 cm³/mol. The number of nitrogens with one attached hydrogen (secondary N) is 1. The van der Waals surface area contributed by atoms with Crippen LogP contribution in [0.4, 0.5) is 0 Å². The molecule has 1 aliphatic rings. The molecule has 0 saturated heterocycles. The summed E-state index contributed by atoms with van der Waals surface area (Å²) in [6.07, 6.45) is 9.57. The maximum Gasteiger partial charge on any atom is 0.325 e. The van der Waals surface area contributed by atoms with Gasteiger partial charge in [0, 0.05) is 6.61 Å². The average molecular weight is 285 g/mol. The Kier molecular flexibility index (Phi) is 8.15. The van der Waals surface area contributed by atoms with Gasteiger partial charge < -0.3 is 14.8 Å². The highest BCUT2D eigenvalue weighted by Crippen LogP contribution is 2.21. The van der Waals surface area contributed by atoms with Crippen LogP contribution in [-0.2, 0) is 14.3 Å². The SMILES string of the molecule is CCCNC(C)(CCOC1CCCCCC1)C(=O)OC. The van der Waals surface area contributed by atoms with Gasteiger partial charge in [-0.1, -0.05) is 32.6 Å². The fourth-order valence-electron chi connectivity index (χ4n) is 2.73. The second kappa shape index (κ2) is 9.35. The van der Waals surface area contributed by atoms with Crippen LogP contribution in [0, 0.1) is 0 Å². The van der Waals surface area contributed by atoms with E-state index in [1.165, 1.54) is 32.8 Å². The summed E-state index contributed by atoms with van der Waals surface area (Å²) < 4.78 is 10.9. The molecule has 0 radical (unpaired) electrons. The van der Waals surface area contributed by atoms with Crippen LogP contribution >= 0.6 is 0 Å². The summed E-state index contributed by atoms with van der Waals surface area (Å²) in [6.45, 7) is 5.43. The number of carbonyl (C=O) groups is 1. The topological polar surface area (TPSA) is 47.6 Å². The molecule has 1 N–H and O–H groups in total. The zero-order valence-electron chi connectivity index (χ0n) is 13.4. The summed E-state index contributed by atoms with van der Waals surface area (Å²) in [4.78, 5) is 11.9. The van der Waals surface area contributed by atoms with Crippen LogP contribution in [0.25, 0.3) is 0 Å². The van der Waals surface area contributed by atoms with E-state index in [4.69, 9.17) is 9.47 Å². The van der Waals surface area contributed by atoms with Crippen molar-refractivity contribution in [3.05, 3.63) is 0 Å². The lowest BCUT2D eigenvalue weighted by molar-refractivity contribution is -0.149. The van der Waals surface area contributed by atoms with Crippen molar-refractivity contribution in [3.8, 4) is 0 Å². The van der Waals surface area contributed by atoms with Gasteiger partial charge in [-0.05, 0) is 39.2 Å². The molecule has 118 valence electrons. The molecule has 1 saturated carbocycles. The van der Waals surface area contributed by atoms with Crippen LogP contribution in [0.15, 0.2) is 0 Å². The first-order valence-corrected chi connectivity index (χ1v) is 8.07. The number of hydrogen-bond acceptors (Lipinski definition) is 4. The molecule has 0 bridgehead atoms. The van der Waals surface area contributed by atoms with Gasteiger partial charge in [0.25, 0.3) is 0 Å². The number of esters is 1. The van der Waals surface area contributed by atoms with Gasteiger partial charge in [-0.3, -0.25) is 4.79 Å². The van der Waals surface area contributed by atoms with Crippen LogP contribution in [0.3, 0.4) is 0 Å². The van der Waals surface area contributed by atoms with Crippen molar-refractivity contribution in [1.82, 2.24) is 5.32 Å². The van der Waals surface area contributed by atoms with E-state index >= 15 is 0 Å². The maximum atomic E-state index is 11.9. The standard InChI is InChI=1S/C16H31NO3/c1-4-12-17-16(2,15(18)19-3)11-13-20-14-9-7-5-6-8-10-14/h14,17H,4-13H2,1-3H3. The lowest BCUT2D eigenvalue weighted by Gasteiger charge is -2.28. The van der Waals surface area contributed by atoms with Crippen molar-refractivity contribution < 1.29 is 14.3 Å².